The van der Waals surface area contributed by atoms with Gasteiger partial charge in [-0.2, -0.15) is 0 Å². The van der Waals surface area contributed by atoms with Gasteiger partial charge in [0.25, 0.3) is 11.8 Å². The molecule has 9 N–H and O–H groups in total. The van der Waals surface area contributed by atoms with E-state index in [1.165, 1.54) is 35.3 Å². The number of carboxylic acids is 1. The largest absolute Gasteiger partial charge is 0.477 e. The Hall–Kier alpha value is -3.19. The summed E-state index contributed by atoms with van der Waals surface area (Å²) >= 11 is 10.9. The lowest BCUT2D eigenvalue weighted by molar-refractivity contribution is -0.150. The van der Waals surface area contributed by atoms with Crippen LogP contribution in [0.3, 0.4) is 0 Å². The number of amides is 2. The molecule has 2 amide bonds. The second-order valence-electron chi connectivity index (χ2n) is 8.20. The highest BCUT2D eigenvalue weighted by Crippen LogP contribution is 2.46. The predicted octanol–water partition coefficient (Wildman–Crippen LogP) is 1.19. The predicted molar refractivity (Wildman–Crippen MR) is 156 cm³/mol. The monoisotopic (exact) mass is 643 g/mol. The topological polar surface area (TPSA) is 236 Å². The van der Waals surface area contributed by atoms with Crippen LogP contribution in [0.5, 0.6) is 0 Å². The number of halogens is 1. The lowest BCUT2D eigenvalue weighted by Crippen LogP contribution is -2.71. The molecule has 1 unspecified atom stereocenters. The van der Waals surface area contributed by atoms with Gasteiger partial charge in [0.05, 0.1) is 6.04 Å². The Morgan fingerprint density at radius 3 is 2.75 bits per heavy atom. The summed E-state index contributed by atoms with van der Waals surface area (Å²) in [6, 6.07) is 0.544. The number of aliphatic carboxylic acids is 1. The molecule has 1 fully saturated rings. The molecule has 3 atom stereocenters. The molecule has 2 aliphatic heterocycles. The average Bonchev–Trinajstić information content (AvgIpc) is 3.23. The smallest absolute Gasteiger partial charge is 0.353 e. The van der Waals surface area contributed by atoms with Gasteiger partial charge in [0.15, 0.2) is 16.8 Å². The van der Waals surface area contributed by atoms with E-state index in [0.29, 0.717) is 10.7 Å². The van der Waals surface area contributed by atoms with Crippen LogP contribution in [0.4, 0.5) is 5.13 Å². The number of hydrogen-bond donors (Lipinski definition) is 6. The number of aliphatic imine (C=N–C) groups is 1. The van der Waals surface area contributed by atoms with Gasteiger partial charge in [-0.15, -0.1) is 23.5 Å². The van der Waals surface area contributed by atoms with Crippen LogP contribution in [-0.4, -0.2) is 83.6 Å². The Bertz CT molecular complexity index is 1450. The summed E-state index contributed by atoms with van der Waals surface area (Å²) in [6.45, 7) is 1.86. The van der Waals surface area contributed by atoms with Crippen molar-refractivity contribution < 1.29 is 24.7 Å². The molecule has 19 heteroatoms. The lowest BCUT2D eigenvalue weighted by atomic mass is 10.0. The summed E-state index contributed by atoms with van der Waals surface area (Å²) in [5, 5.41) is 24.2. The normalized spacial score (nSPS) is 19.5. The molecule has 0 radical (unpaired) electrons. The first-order valence-corrected chi connectivity index (χ1v) is 15.3. The van der Waals surface area contributed by atoms with Gasteiger partial charge in [-0.25, -0.2) is 14.8 Å². The summed E-state index contributed by atoms with van der Waals surface area (Å²) in [7, 11) is 0. The van der Waals surface area contributed by atoms with Crippen molar-refractivity contribution in [3.8, 4) is 0 Å². The Morgan fingerprint density at radius 2 is 2.12 bits per heavy atom. The number of anilines is 1. The number of nitrogens with one attached hydrogen (secondary N) is 1. The molecule has 40 heavy (non-hydrogen) atoms. The van der Waals surface area contributed by atoms with E-state index in [4.69, 9.17) is 28.8 Å². The van der Waals surface area contributed by atoms with E-state index in [1.807, 2.05) is 6.92 Å². The number of thiazole rings is 1. The van der Waals surface area contributed by atoms with Crippen LogP contribution in [0.2, 0.25) is 4.34 Å². The molecule has 0 spiro atoms. The molecule has 4 heterocycles. The first-order valence-electron chi connectivity index (χ1n) is 11.2. The summed E-state index contributed by atoms with van der Waals surface area (Å²) in [5.41, 5.74) is 15.7. The minimum Gasteiger partial charge on any atom is -0.477 e. The second-order valence-corrected chi connectivity index (χ2v) is 13.1. The standard InChI is InChI=1S/C21H22ClN9O5S4/c1-7(27-20(23)24)5-37-9-4-26-3-2-8(9)39-10-6-38-18-13(17(33)31(18)14(10)19(34)35)28-16(32)12(30-36)11-15(22)40-21(25)29-11/h2-4,7,13,18,36H,5-6H2,1H3,(H2,25,29)(H,28,32)(H,34,35)(H4,23,24,27)/b30-12-/t7?,13-,18-/m1/s1. The molecular formula is C21H22ClN9O5S4. The number of carbonyl (C=O) groups is 3. The van der Waals surface area contributed by atoms with Gasteiger partial charge in [-0.3, -0.25) is 19.5 Å². The van der Waals surface area contributed by atoms with Crippen LogP contribution < -0.4 is 22.5 Å². The van der Waals surface area contributed by atoms with E-state index in [2.05, 4.69) is 25.4 Å². The maximum Gasteiger partial charge on any atom is 0.353 e. The van der Waals surface area contributed by atoms with E-state index in [9.17, 15) is 24.7 Å². The number of β-lactam (4-membered cyclic amide) rings is 1. The van der Waals surface area contributed by atoms with Crippen LogP contribution in [0.15, 0.2) is 49.0 Å². The van der Waals surface area contributed by atoms with E-state index >= 15 is 0 Å². The molecule has 0 bridgehead atoms. The lowest BCUT2D eigenvalue weighted by Gasteiger charge is -2.49. The zero-order valence-electron chi connectivity index (χ0n) is 20.5. The van der Waals surface area contributed by atoms with Crippen molar-refractivity contribution >= 4 is 92.8 Å². The van der Waals surface area contributed by atoms with E-state index in [0.717, 1.165) is 26.0 Å². The number of aromatic nitrogens is 2. The van der Waals surface area contributed by atoms with Crippen molar-refractivity contribution in [1.29, 1.82) is 0 Å². The van der Waals surface area contributed by atoms with Crippen LogP contribution in [-0.2, 0) is 14.4 Å². The quantitative estimate of drug-likeness (QED) is 0.0533. The molecule has 1 saturated heterocycles. The third kappa shape index (κ3) is 6.25. The number of carboxylic acid groups (broad SMARTS) is 1. The van der Waals surface area contributed by atoms with Crippen molar-refractivity contribution in [3.63, 3.8) is 0 Å². The Labute approximate surface area is 248 Å². The van der Waals surface area contributed by atoms with Crippen LogP contribution in [0, 0.1) is 0 Å². The Kier molecular flexibility index (Phi) is 9.34. The van der Waals surface area contributed by atoms with E-state index in [-0.39, 0.29) is 38.6 Å². The van der Waals surface area contributed by atoms with Crippen molar-refractivity contribution in [1.82, 2.24) is 20.2 Å². The molecule has 2 aromatic rings. The third-order valence-electron chi connectivity index (χ3n) is 5.39. The molecule has 14 nitrogen and oxygen atoms in total. The SMILES string of the molecule is CC(CSc1cnccc1SC1=C(C(=O)O)N2C(=O)[C@@H](NC(=O)/C(=N\O)c3nc(N)sc3Cl)[C@H]2SC1)N=C(N)N. The van der Waals surface area contributed by atoms with Gasteiger partial charge >= 0.3 is 5.97 Å². The summed E-state index contributed by atoms with van der Waals surface area (Å²) < 4.78 is 0.0335. The van der Waals surface area contributed by atoms with Crippen molar-refractivity contribution in [2.75, 3.05) is 17.2 Å². The first-order chi connectivity index (χ1) is 19.0. The summed E-state index contributed by atoms with van der Waals surface area (Å²) in [6.07, 6.45) is 3.26. The number of nitrogens with zero attached hydrogens (tertiary/aromatic N) is 5. The number of hydrogen-bond acceptors (Lipinski definition) is 13. The zero-order valence-corrected chi connectivity index (χ0v) is 24.5. The molecule has 4 rings (SSSR count). The number of rotatable bonds is 10. The molecule has 0 saturated carbocycles. The molecular weight excluding hydrogens is 622 g/mol. The summed E-state index contributed by atoms with van der Waals surface area (Å²) in [4.78, 5) is 53.5. The molecule has 0 aromatic carbocycles. The number of pyridine rings is 1. The van der Waals surface area contributed by atoms with Gasteiger partial charge in [-0.05, 0) is 13.0 Å². The Morgan fingerprint density at radius 1 is 1.38 bits per heavy atom. The van der Waals surface area contributed by atoms with Gasteiger partial charge in [-0.1, -0.05) is 39.9 Å². The fourth-order valence-electron chi connectivity index (χ4n) is 3.74. The van der Waals surface area contributed by atoms with Crippen molar-refractivity contribution in [3.05, 3.63) is 39.1 Å². The van der Waals surface area contributed by atoms with Gasteiger partial charge in [0, 0.05) is 38.6 Å². The maximum absolute atomic E-state index is 13.1. The molecule has 2 aromatic heterocycles. The highest BCUT2D eigenvalue weighted by molar-refractivity contribution is 8.07. The minimum absolute atomic E-state index is 0.0101. The number of fused-ring (bicyclic) bond motifs is 1. The maximum atomic E-state index is 13.1. The Balaban J connectivity index is 1.51. The number of nitrogens with two attached hydrogens (primary N) is 3. The van der Waals surface area contributed by atoms with Gasteiger partial charge in [0.2, 0.25) is 0 Å². The molecule has 0 aliphatic carbocycles. The first kappa shape index (κ1) is 29.8. The molecule has 212 valence electrons. The van der Waals surface area contributed by atoms with Crippen LogP contribution in [0.1, 0.15) is 12.6 Å². The average molecular weight is 644 g/mol. The minimum atomic E-state index is -1.28. The van der Waals surface area contributed by atoms with Crippen molar-refractivity contribution in [2.45, 2.75) is 34.2 Å². The number of guanidine groups is 1. The number of nitrogen functional groups attached to an aromatic ring is 1. The van der Waals surface area contributed by atoms with Crippen molar-refractivity contribution in [2.24, 2.45) is 21.6 Å². The zero-order chi connectivity index (χ0) is 29.1. The van der Waals surface area contributed by atoms with Gasteiger partial charge in [0.1, 0.15) is 27.1 Å². The highest BCUT2D eigenvalue weighted by Gasteiger charge is 2.54. The van der Waals surface area contributed by atoms with E-state index < -0.39 is 34.9 Å². The summed E-state index contributed by atoms with van der Waals surface area (Å²) in [5.74, 6) is -2.01. The third-order valence-corrected chi connectivity index (χ3v) is 10.5. The van der Waals surface area contributed by atoms with E-state index in [1.54, 1.807) is 18.5 Å². The highest BCUT2D eigenvalue weighted by atomic mass is 35.5. The van der Waals surface area contributed by atoms with Crippen LogP contribution >= 0.6 is 58.2 Å². The van der Waals surface area contributed by atoms with Gasteiger partial charge < -0.3 is 32.8 Å². The fourth-order valence-corrected chi connectivity index (χ4v) is 8.27. The molecule has 2 aliphatic rings. The number of carbonyl (C=O) groups excluding carboxylic acids is 2. The van der Waals surface area contributed by atoms with Crippen LogP contribution in [0.25, 0.3) is 0 Å². The fraction of sp³-hybridized carbons (Fsp3) is 0.286. The second kappa shape index (κ2) is 12.5. The number of oxime groups is 1. The number of thioether (sulfide) groups is 3.